The second kappa shape index (κ2) is 10.6. The van der Waals surface area contributed by atoms with Gasteiger partial charge < -0.3 is 29.6 Å². The molecule has 0 aliphatic carbocycles. The number of hydrogen-bond acceptors (Lipinski definition) is 6. The van der Waals surface area contributed by atoms with Crippen LogP contribution in [0.4, 0.5) is 10.1 Å². The van der Waals surface area contributed by atoms with Gasteiger partial charge in [0.25, 0.3) is 11.8 Å². The maximum absolute atomic E-state index is 15.8. The van der Waals surface area contributed by atoms with Crippen LogP contribution in [0.1, 0.15) is 45.7 Å². The van der Waals surface area contributed by atoms with E-state index in [0.29, 0.717) is 23.3 Å². The van der Waals surface area contributed by atoms with Gasteiger partial charge in [-0.25, -0.2) is 4.39 Å². The van der Waals surface area contributed by atoms with E-state index in [-0.39, 0.29) is 41.2 Å². The Morgan fingerprint density at radius 2 is 2.08 bits per heavy atom. The van der Waals surface area contributed by atoms with Crippen molar-refractivity contribution in [3.05, 3.63) is 71.6 Å². The Morgan fingerprint density at radius 1 is 1.24 bits per heavy atom. The number of carbonyl (C=O) groups is 2. The average Bonchev–Trinajstić information content (AvgIpc) is 3.52. The lowest BCUT2D eigenvalue weighted by Crippen LogP contribution is -2.22. The summed E-state index contributed by atoms with van der Waals surface area (Å²) in [7, 11) is 3.21. The van der Waals surface area contributed by atoms with Gasteiger partial charge in [0, 0.05) is 50.3 Å². The summed E-state index contributed by atoms with van der Waals surface area (Å²) in [6, 6.07) is 7.36. The third kappa shape index (κ3) is 5.11. The predicted octanol–water partition coefficient (Wildman–Crippen LogP) is 3.84. The Kier molecular flexibility index (Phi) is 7.12. The maximum atomic E-state index is 15.8. The molecule has 3 aromatic heterocycles. The first-order valence-corrected chi connectivity index (χ1v) is 12.3. The molecule has 10 nitrogen and oxygen atoms in total. The van der Waals surface area contributed by atoms with Crippen molar-refractivity contribution in [1.29, 1.82) is 0 Å². The van der Waals surface area contributed by atoms with Gasteiger partial charge in [0.15, 0.2) is 12.1 Å². The average molecular weight is 522 g/mol. The number of fused-ring (bicyclic) bond motifs is 1. The summed E-state index contributed by atoms with van der Waals surface area (Å²) in [6.45, 7) is 0.792. The highest BCUT2D eigenvalue weighted by molar-refractivity contribution is 6.11. The fourth-order valence-corrected chi connectivity index (χ4v) is 4.52. The van der Waals surface area contributed by atoms with Crippen LogP contribution in [0.25, 0.3) is 16.6 Å². The second-order valence-electron chi connectivity index (χ2n) is 9.13. The van der Waals surface area contributed by atoms with Crippen LogP contribution < -0.4 is 10.6 Å². The molecule has 1 aliphatic rings. The van der Waals surface area contributed by atoms with E-state index in [1.54, 1.807) is 30.2 Å². The lowest BCUT2D eigenvalue weighted by molar-refractivity contribution is -0.168. The molecule has 5 rings (SSSR count). The number of nitrogens with one attached hydrogen (secondary N) is 2. The van der Waals surface area contributed by atoms with Crippen molar-refractivity contribution in [3.63, 3.8) is 0 Å². The quantitative estimate of drug-likeness (QED) is 0.340. The molecule has 38 heavy (non-hydrogen) atoms. The van der Waals surface area contributed by atoms with Crippen LogP contribution in [0, 0.1) is 5.82 Å². The van der Waals surface area contributed by atoms with Crippen LogP contribution in [0.5, 0.6) is 5.75 Å². The van der Waals surface area contributed by atoms with E-state index in [4.69, 9.17) is 9.47 Å². The second-order valence-corrected chi connectivity index (χ2v) is 9.13. The van der Waals surface area contributed by atoms with E-state index in [0.717, 1.165) is 19.3 Å². The Bertz CT molecular complexity index is 1510. The lowest BCUT2D eigenvalue weighted by atomic mass is 10.0. The number of anilines is 1. The number of nitrogens with zero attached hydrogens (tertiary/aromatic N) is 3. The molecule has 0 spiro atoms. The number of aromatic nitrogens is 3. The van der Waals surface area contributed by atoms with Crippen molar-refractivity contribution in [3.8, 4) is 16.9 Å². The van der Waals surface area contributed by atoms with Crippen molar-refractivity contribution in [2.75, 3.05) is 19.0 Å². The SMILES string of the molecule is CNC(=O)c1cc(C(=O)Nc2cc(COC3CCCCO3)cc(-c3cnn(C)c3)c2F)c2cc(O)ccn12. The van der Waals surface area contributed by atoms with Gasteiger partial charge in [-0.15, -0.1) is 0 Å². The first-order chi connectivity index (χ1) is 18.3. The highest BCUT2D eigenvalue weighted by Gasteiger charge is 2.23. The van der Waals surface area contributed by atoms with E-state index < -0.39 is 17.6 Å². The normalized spacial score (nSPS) is 15.5. The summed E-state index contributed by atoms with van der Waals surface area (Å²) >= 11 is 0. The number of aromatic hydroxyl groups is 1. The molecule has 0 radical (unpaired) electrons. The third-order valence-electron chi connectivity index (χ3n) is 6.43. The molecule has 4 heterocycles. The summed E-state index contributed by atoms with van der Waals surface area (Å²) in [5.41, 5.74) is 1.96. The van der Waals surface area contributed by atoms with Gasteiger partial charge in [0.1, 0.15) is 11.4 Å². The van der Waals surface area contributed by atoms with Gasteiger partial charge >= 0.3 is 0 Å². The van der Waals surface area contributed by atoms with Gasteiger partial charge in [0.2, 0.25) is 0 Å². The largest absolute Gasteiger partial charge is 0.508 e. The molecule has 0 bridgehead atoms. The minimum atomic E-state index is -0.645. The summed E-state index contributed by atoms with van der Waals surface area (Å²) in [4.78, 5) is 25.8. The Hall–Kier alpha value is -4.22. The zero-order chi connectivity index (χ0) is 26.8. The molecule has 2 amide bonds. The first kappa shape index (κ1) is 25.4. The van der Waals surface area contributed by atoms with E-state index >= 15 is 4.39 Å². The van der Waals surface area contributed by atoms with Gasteiger partial charge in [-0.1, -0.05) is 0 Å². The highest BCUT2D eigenvalue weighted by atomic mass is 19.1. The summed E-state index contributed by atoms with van der Waals surface area (Å²) in [5.74, 6) is -1.78. The molecular formula is C27H28FN5O5. The van der Waals surface area contributed by atoms with Crippen molar-refractivity contribution in [1.82, 2.24) is 19.5 Å². The lowest BCUT2D eigenvalue weighted by Gasteiger charge is -2.23. The van der Waals surface area contributed by atoms with Crippen LogP contribution in [0.3, 0.4) is 0 Å². The van der Waals surface area contributed by atoms with Gasteiger partial charge in [-0.05, 0) is 49.1 Å². The number of aryl methyl sites for hydroxylation is 1. The van der Waals surface area contributed by atoms with E-state index in [9.17, 15) is 14.7 Å². The van der Waals surface area contributed by atoms with Gasteiger partial charge in [-0.2, -0.15) is 5.10 Å². The first-order valence-electron chi connectivity index (χ1n) is 12.3. The molecule has 1 saturated heterocycles. The van der Waals surface area contributed by atoms with Crippen LogP contribution in [0.15, 0.2) is 48.9 Å². The number of carbonyl (C=O) groups excluding carboxylic acids is 2. The molecule has 4 aromatic rings. The van der Waals surface area contributed by atoms with Crippen molar-refractivity contribution >= 4 is 23.0 Å². The molecule has 3 N–H and O–H groups in total. The summed E-state index contributed by atoms with van der Waals surface area (Å²) in [6.07, 6.45) is 7.15. The molecule has 0 saturated carbocycles. The van der Waals surface area contributed by atoms with Crippen LogP contribution in [0.2, 0.25) is 0 Å². The fourth-order valence-electron chi connectivity index (χ4n) is 4.52. The summed E-state index contributed by atoms with van der Waals surface area (Å²) in [5, 5.41) is 19.3. The number of pyridine rings is 1. The van der Waals surface area contributed by atoms with E-state index in [1.807, 2.05) is 0 Å². The third-order valence-corrected chi connectivity index (χ3v) is 6.43. The Balaban J connectivity index is 1.50. The minimum Gasteiger partial charge on any atom is -0.508 e. The van der Waals surface area contributed by atoms with Crippen molar-refractivity contribution < 1.29 is 28.6 Å². The molecule has 1 aromatic carbocycles. The zero-order valence-electron chi connectivity index (χ0n) is 21.0. The Morgan fingerprint density at radius 3 is 2.79 bits per heavy atom. The highest BCUT2D eigenvalue weighted by Crippen LogP contribution is 2.31. The standard InChI is InChI=1S/C27H28FN5O5/c1-29-27(36)23-12-20(22-11-18(34)6-7-33(22)23)26(35)31-21-10-16(15-38-24-5-3-4-8-37-24)9-19(25(21)28)17-13-30-32(2)14-17/h6-7,9-14,24,34H,3-5,8,15H2,1-2H3,(H,29,36)(H,31,35). The van der Waals surface area contributed by atoms with Crippen LogP contribution in [-0.4, -0.2) is 51.0 Å². The minimum absolute atomic E-state index is 0.0551. The van der Waals surface area contributed by atoms with Crippen LogP contribution >= 0.6 is 0 Å². The molecule has 198 valence electrons. The molecule has 11 heteroatoms. The zero-order valence-corrected chi connectivity index (χ0v) is 21.0. The predicted molar refractivity (Wildman–Crippen MR) is 137 cm³/mol. The maximum Gasteiger partial charge on any atom is 0.268 e. The topological polar surface area (TPSA) is 119 Å². The number of ether oxygens (including phenoxy) is 2. The summed E-state index contributed by atoms with van der Waals surface area (Å²) < 4.78 is 30.4. The van der Waals surface area contributed by atoms with Crippen molar-refractivity contribution in [2.45, 2.75) is 32.2 Å². The molecule has 1 unspecified atom stereocenters. The number of rotatable bonds is 7. The van der Waals surface area contributed by atoms with Crippen molar-refractivity contribution in [2.24, 2.45) is 7.05 Å². The molecule has 1 atom stereocenters. The fraction of sp³-hybridized carbons (Fsp3) is 0.296. The monoisotopic (exact) mass is 521 g/mol. The molecule has 1 aliphatic heterocycles. The van der Waals surface area contributed by atoms with Gasteiger partial charge in [-0.3, -0.25) is 14.3 Å². The number of hydrogen-bond donors (Lipinski definition) is 3. The van der Waals surface area contributed by atoms with Crippen LogP contribution in [-0.2, 0) is 23.1 Å². The van der Waals surface area contributed by atoms with E-state index in [1.165, 1.54) is 41.9 Å². The van der Waals surface area contributed by atoms with Gasteiger partial charge in [0.05, 0.1) is 29.6 Å². The number of amides is 2. The number of benzene rings is 1. The number of halogens is 1. The van der Waals surface area contributed by atoms with E-state index in [2.05, 4.69) is 15.7 Å². The molecule has 1 fully saturated rings. The smallest absolute Gasteiger partial charge is 0.268 e. The molecular weight excluding hydrogens is 493 g/mol. The Labute approximate surface area is 218 Å².